The Balaban J connectivity index is 1.88. The van der Waals surface area contributed by atoms with Crippen LogP contribution >= 0.6 is 11.6 Å². The fraction of sp³-hybridized carbons (Fsp3) is 0.333. The van der Waals surface area contributed by atoms with E-state index in [0.717, 1.165) is 11.0 Å². The van der Waals surface area contributed by atoms with Crippen LogP contribution in [0, 0.1) is 0 Å². The molecule has 20 heavy (non-hydrogen) atoms. The molecule has 1 aliphatic carbocycles. The first-order chi connectivity index (χ1) is 9.70. The van der Waals surface area contributed by atoms with E-state index >= 15 is 0 Å². The van der Waals surface area contributed by atoms with Crippen molar-refractivity contribution in [2.75, 3.05) is 7.11 Å². The zero-order valence-corrected chi connectivity index (χ0v) is 12.2. The summed E-state index contributed by atoms with van der Waals surface area (Å²) in [5, 5.41) is 0.678. The molecule has 0 unspecified atom stereocenters. The average molecular weight is 291 g/mol. The largest absolute Gasteiger partial charge is 0.495 e. The van der Waals surface area contributed by atoms with Crippen LogP contribution in [0.1, 0.15) is 18.6 Å². The first-order valence-electron chi connectivity index (χ1n) is 6.67. The summed E-state index contributed by atoms with van der Waals surface area (Å²) in [6, 6.07) is 8.01. The highest BCUT2D eigenvalue weighted by molar-refractivity contribution is 6.62. The van der Waals surface area contributed by atoms with Gasteiger partial charge in [0.25, 0.3) is 0 Å². The van der Waals surface area contributed by atoms with Crippen LogP contribution in [0.4, 0.5) is 0 Å². The Bertz CT molecular complexity index is 558. The molecule has 3 rings (SSSR count). The van der Waals surface area contributed by atoms with Crippen molar-refractivity contribution in [2.24, 2.45) is 0 Å². The van der Waals surface area contributed by atoms with E-state index in [0.29, 0.717) is 5.03 Å². The molecule has 1 aromatic rings. The predicted molar refractivity (Wildman–Crippen MR) is 80.1 cm³/mol. The van der Waals surface area contributed by atoms with E-state index in [2.05, 4.69) is 0 Å². The van der Waals surface area contributed by atoms with Gasteiger partial charge in [-0.3, -0.25) is 0 Å². The van der Waals surface area contributed by atoms with Crippen LogP contribution in [0.5, 0.6) is 0 Å². The fourth-order valence-electron chi connectivity index (χ4n) is 2.55. The van der Waals surface area contributed by atoms with Crippen molar-refractivity contribution in [1.29, 1.82) is 0 Å². The molecule has 0 aromatic heterocycles. The molecular weight excluding hydrogens is 274 g/mol. The Morgan fingerprint density at radius 3 is 2.85 bits per heavy atom. The maximum atomic E-state index is 6.18. The van der Waals surface area contributed by atoms with E-state index < -0.39 is 7.12 Å². The monoisotopic (exact) mass is 290 g/mol. The molecule has 0 radical (unpaired) electrons. The second kappa shape index (κ2) is 5.74. The van der Waals surface area contributed by atoms with Crippen molar-refractivity contribution in [2.45, 2.75) is 25.2 Å². The van der Waals surface area contributed by atoms with Crippen LogP contribution < -0.4 is 5.46 Å². The summed E-state index contributed by atoms with van der Waals surface area (Å²) in [5.74, 6) is 0. The van der Waals surface area contributed by atoms with Crippen molar-refractivity contribution in [3.63, 3.8) is 0 Å². The van der Waals surface area contributed by atoms with Gasteiger partial charge in [0.2, 0.25) is 0 Å². The molecular formula is C15H16BClO3. The normalized spacial score (nSPS) is 26.4. The first-order valence-corrected chi connectivity index (χ1v) is 7.05. The molecule has 1 saturated heterocycles. The Kier molecular flexibility index (Phi) is 3.99. The lowest BCUT2D eigenvalue weighted by atomic mass is 9.75. The molecule has 0 spiro atoms. The van der Waals surface area contributed by atoms with E-state index in [-0.39, 0.29) is 18.3 Å². The SMILES string of the molecule is CO[C@H](C)c1ccccc1B1O[C@H]2C=CC=C(Cl)[C@H]2O1. The molecule has 1 heterocycles. The lowest BCUT2D eigenvalue weighted by molar-refractivity contribution is 0.120. The summed E-state index contributed by atoms with van der Waals surface area (Å²) in [5.41, 5.74) is 2.07. The zero-order valence-electron chi connectivity index (χ0n) is 11.5. The summed E-state index contributed by atoms with van der Waals surface area (Å²) in [6.07, 6.45) is 5.37. The van der Waals surface area contributed by atoms with Gasteiger partial charge in [-0.05, 0) is 24.0 Å². The van der Waals surface area contributed by atoms with Crippen LogP contribution in [0.3, 0.4) is 0 Å². The Morgan fingerprint density at radius 2 is 2.10 bits per heavy atom. The number of rotatable bonds is 3. The van der Waals surface area contributed by atoms with Gasteiger partial charge in [-0.2, -0.15) is 0 Å². The number of halogens is 1. The first kappa shape index (κ1) is 13.9. The van der Waals surface area contributed by atoms with Crippen LogP contribution in [-0.2, 0) is 14.0 Å². The molecule has 0 saturated carbocycles. The van der Waals surface area contributed by atoms with Gasteiger partial charge < -0.3 is 14.0 Å². The Morgan fingerprint density at radius 1 is 1.30 bits per heavy atom. The van der Waals surface area contributed by atoms with Gasteiger partial charge >= 0.3 is 7.12 Å². The van der Waals surface area contributed by atoms with E-state index in [1.54, 1.807) is 7.11 Å². The minimum Gasteiger partial charge on any atom is -0.398 e. The predicted octanol–water partition coefficient (Wildman–Crippen LogP) is 2.57. The van der Waals surface area contributed by atoms with Crippen LogP contribution in [0.2, 0.25) is 0 Å². The minimum absolute atomic E-state index is 0.0115. The van der Waals surface area contributed by atoms with Gasteiger partial charge in [0.05, 0.1) is 12.2 Å². The Hall–Kier alpha value is -1.07. The molecule has 3 atom stereocenters. The molecule has 5 heteroatoms. The third kappa shape index (κ3) is 2.45. The Labute approximate surface area is 124 Å². The lowest BCUT2D eigenvalue weighted by Crippen LogP contribution is -2.36. The summed E-state index contributed by atoms with van der Waals surface area (Å²) in [4.78, 5) is 0. The van der Waals surface area contributed by atoms with Crippen molar-refractivity contribution >= 4 is 24.2 Å². The molecule has 0 N–H and O–H groups in total. The fourth-order valence-corrected chi connectivity index (χ4v) is 2.79. The minimum atomic E-state index is -0.413. The van der Waals surface area contributed by atoms with E-state index in [4.69, 9.17) is 25.6 Å². The summed E-state index contributed by atoms with van der Waals surface area (Å²) in [6.45, 7) is 2.01. The van der Waals surface area contributed by atoms with Gasteiger partial charge in [-0.15, -0.1) is 0 Å². The van der Waals surface area contributed by atoms with Crippen molar-refractivity contribution in [3.05, 3.63) is 53.1 Å². The number of allylic oxidation sites excluding steroid dienone is 2. The zero-order chi connectivity index (χ0) is 14.1. The highest BCUT2D eigenvalue weighted by Gasteiger charge is 2.43. The number of hydrogen-bond acceptors (Lipinski definition) is 3. The topological polar surface area (TPSA) is 27.7 Å². The molecule has 1 aromatic carbocycles. The van der Waals surface area contributed by atoms with Gasteiger partial charge in [0.15, 0.2) is 0 Å². The van der Waals surface area contributed by atoms with Crippen LogP contribution in [0.15, 0.2) is 47.5 Å². The second-order valence-corrected chi connectivity index (χ2v) is 5.37. The average Bonchev–Trinajstić information content (AvgIpc) is 2.92. The number of ether oxygens (including phenoxy) is 1. The lowest BCUT2D eigenvalue weighted by Gasteiger charge is -2.17. The number of methoxy groups -OCH3 is 1. The van der Waals surface area contributed by atoms with Crippen molar-refractivity contribution < 1.29 is 14.0 Å². The second-order valence-electron chi connectivity index (χ2n) is 4.93. The molecule has 2 aliphatic rings. The molecule has 0 bridgehead atoms. The highest BCUT2D eigenvalue weighted by atomic mass is 35.5. The smallest absolute Gasteiger partial charge is 0.398 e. The van der Waals surface area contributed by atoms with Gasteiger partial charge in [0, 0.05) is 12.1 Å². The van der Waals surface area contributed by atoms with Gasteiger partial charge in [-0.1, -0.05) is 48.0 Å². The van der Waals surface area contributed by atoms with E-state index in [9.17, 15) is 0 Å². The molecule has 0 amide bonds. The summed E-state index contributed by atoms with van der Waals surface area (Å²) >= 11 is 6.18. The third-order valence-electron chi connectivity index (χ3n) is 3.72. The summed E-state index contributed by atoms with van der Waals surface area (Å²) < 4.78 is 17.4. The molecule has 1 fully saturated rings. The number of hydrogen-bond donors (Lipinski definition) is 0. The number of benzene rings is 1. The van der Waals surface area contributed by atoms with E-state index in [1.807, 2.05) is 49.4 Å². The van der Waals surface area contributed by atoms with Gasteiger partial charge in [0.1, 0.15) is 6.10 Å². The molecule has 104 valence electrons. The molecule has 3 nitrogen and oxygen atoms in total. The third-order valence-corrected chi connectivity index (χ3v) is 4.06. The van der Waals surface area contributed by atoms with Crippen LogP contribution in [-0.4, -0.2) is 26.4 Å². The number of fused-ring (bicyclic) bond motifs is 1. The standard InChI is InChI=1S/C15H16BClO3/c1-10(18-2)11-6-3-4-7-12(11)16-19-14-9-5-8-13(17)15(14)20-16/h3-10,14-15H,1-2H3/t10-,14+,15-/m1/s1. The van der Waals surface area contributed by atoms with Crippen molar-refractivity contribution in [3.8, 4) is 0 Å². The van der Waals surface area contributed by atoms with E-state index in [1.165, 1.54) is 0 Å². The maximum Gasteiger partial charge on any atom is 0.495 e. The molecule has 1 aliphatic heterocycles. The van der Waals surface area contributed by atoms with Crippen molar-refractivity contribution in [1.82, 2.24) is 0 Å². The highest BCUT2D eigenvalue weighted by Crippen LogP contribution is 2.30. The quantitative estimate of drug-likeness (QED) is 0.801. The maximum absolute atomic E-state index is 6.18. The van der Waals surface area contributed by atoms with Crippen LogP contribution in [0.25, 0.3) is 0 Å². The van der Waals surface area contributed by atoms with Gasteiger partial charge in [-0.25, -0.2) is 0 Å². The summed E-state index contributed by atoms with van der Waals surface area (Å²) in [7, 11) is 1.28.